The fourth-order valence-electron chi connectivity index (χ4n) is 1.28. The van der Waals surface area contributed by atoms with Crippen molar-refractivity contribution in [1.82, 2.24) is 4.98 Å². The van der Waals surface area contributed by atoms with Crippen LogP contribution in [-0.2, 0) is 16.5 Å². The van der Waals surface area contributed by atoms with Crippen molar-refractivity contribution >= 4 is 21.9 Å². The van der Waals surface area contributed by atoms with E-state index in [0.29, 0.717) is 0 Å². The zero-order valence-electron chi connectivity index (χ0n) is 7.88. The second-order valence-electron chi connectivity index (χ2n) is 2.97. The Kier molecular flexibility index (Phi) is 4.28. The fraction of sp³-hybridized carbons (Fsp3) is 0.333. The van der Waals surface area contributed by atoms with Crippen LogP contribution in [0.25, 0.3) is 0 Å². The van der Waals surface area contributed by atoms with E-state index in [4.69, 9.17) is 5.11 Å². The Morgan fingerprint density at radius 3 is 2.62 bits per heavy atom. The van der Waals surface area contributed by atoms with Gasteiger partial charge in [0.15, 0.2) is 0 Å². The zero-order chi connectivity index (χ0) is 12.3. The number of hydrogen-bond donors (Lipinski definition) is 1. The molecule has 0 aliphatic carbocycles. The molecule has 1 N–H and O–H groups in total. The van der Waals surface area contributed by atoms with E-state index in [1.54, 1.807) is 0 Å². The molecule has 16 heavy (non-hydrogen) atoms. The van der Waals surface area contributed by atoms with Crippen molar-refractivity contribution in [2.75, 3.05) is 0 Å². The van der Waals surface area contributed by atoms with E-state index in [-0.39, 0.29) is 10.9 Å². The predicted octanol–water partition coefficient (Wildman–Crippen LogP) is 2.68. The molecule has 0 spiro atoms. The third-order valence-electron chi connectivity index (χ3n) is 1.94. The minimum atomic E-state index is -2.93. The van der Waals surface area contributed by atoms with Gasteiger partial charge in [-0.2, -0.15) is 4.39 Å². The van der Waals surface area contributed by atoms with Gasteiger partial charge < -0.3 is 5.11 Å². The summed E-state index contributed by atoms with van der Waals surface area (Å²) in [4.78, 5) is 13.7. The summed E-state index contributed by atoms with van der Waals surface area (Å²) in [5, 5.41) is 8.57. The van der Waals surface area contributed by atoms with E-state index in [1.807, 2.05) is 0 Å². The lowest BCUT2D eigenvalue weighted by atomic mass is 10.0. The highest BCUT2D eigenvalue weighted by molar-refractivity contribution is 9.08. The highest BCUT2D eigenvalue weighted by atomic mass is 79.9. The largest absolute Gasteiger partial charge is 0.481 e. The Morgan fingerprint density at radius 2 is 2.19 bits per heavy atom. The van der Waals surface area contributed by atoms with Crippen LogP contribution in [0.15, 0.2) is 6.20 Å². The zero-order valence-corrected chi connectivity index (χ0v) is 9.47. The summed E-state index contributed by atoms with van der Waals surface area (Å²) in [6.45, 7) is 0. The maximum atomic E-state index is 13.2. The average Bonchev–Trinajstić information content (AvgIpc) is 2.19. The van der Waals surface area contributed by atoms with E-state index in [2.05, 4.69) is 20.9 Å². The van der Waals surface area contributed by atoms with Crippen LogP contribution in [0.2, 0.25) is 0 Å². The molecule has 0 bridgehead atoms. The first-order valence-corrected chi connectivity index (χ1v) is 5.31. The first-order chi connectivity index (χ1) is 7.47. The number of carboxylic acid groups (broad SMARTS) is 1. The molecule has 1 aromatic heterocycles. The molecule has 0 amide bonds. The number of aromatic nitrogens is 1. The number of pyridine rings is 1. The van der Waals surface area contributed by atoms with E-state index in [0.717, 1.165) is 6.20 Å². The highest BCUT2D eigenvalue weighted by Crippen LogP contribution is 2.29. The van der Waals surface area contributed by atoms with Gasteiger partial charge in [-0.05, 0) is 5.56 Å². The molecule has 1 rings (SSSR count). The molecular weight excluding hydrogens is 291 g/mol. The molecule has 0 atom stereocenters. The lowest BCUT2D eigenvalue weighted by Gasteiger charge is -2.11. The monoisotopic (exact) mass is 297 g/mol. The molecule has 7 heteroatoms. The molecule has 0 fully saturated rings. The van der Waals surface area contributed by atoms with Crippen molar-refractivity contribution < 1.29 is 23.1 Å². The van der Waals surface area contributed by atoms with E-state index < -0.39 is 35.9 Å². The van der Waals surface area contributed by atoms with Crippen LogP contribution in [0, 0.1) is 5.95 Å². The van der Waals surface area contributed by atoms with Crippen molar-refractivity contribution in [2.45, 2.75) is 18.2 Å². The standard InChI is InChI=1S/C9H7BrF3NO2/c10-2-4-3-14-9(13)5(1-6(15)16)7(4)8(11)12/h3,8H,1-2H2,(H,15,16). The second kappa shape index (κ2) is 5.29. The molecule has 0 radical (unpaired) electrons. The van der Waals surface area contributed by atoms with Crippen molar-refractivity contribution in [3.05, 3.63) is 28.8 Å². The summed E-state index contributed by atoms with van der Waals surface area (Å²) in [6, 6.07) is 0. The van der Waals surface area contributed by atoms with Gasteiger partial charge in [0.2, 0.25) is 5.95 Å². The van der Waals surface area contributed by atoms with E-state index in [9.17, 15) is 18.0 Å². The smallest absolute Gasteiger partial charge is 0.308 e. The van der Waals surface area contributed by atoms with Crippen LogP contribution in [0.4, 0.5) is 13.2 Å². The summed E-state index contributed by atoms with van der Waals surface area (Å²) in [7, 11) is 0. The van der Waals surface area contributed by atoms with Crippen LogP contribution in [-0.4, -0.2) is 16.1 Å². The molecule has 0 saturated heterocycles. The number of aliphatic carboxylic acids is 1. The number of carboxylic acids is 1. The van der Waals surface area contributed by atoms with Crippen molar-refractivity contribution in [3.8, 4) is 0 Å². The molecule has 0 aliphatic heterocycles. The maximum Gasteiger partial charge on any atom is 0.308 e. The summed E-state index contributed by atoms with van der Waals surface area (Å²) < 4.78 is 38.6. The van der Waals surface area contributed by atoms with Gasteiger partial charge >= 0.3 is 5.97 Å². The Balaban J connectivity index is 3.35. The molecule has 3 nitrogen and oxygen atoms in total. The number of halogens is 4. The van der Waals surface area contributed by atoms with Crippen LogP contribution in [0.3, 0.4) is 0 Å². The fourth-order valence-corrected chi connectivity index (χ4v) is 1.73. The first-order valence-electron chi connectivity index (χ1n) is 4.19. The number of rotatable bonds is 4. The molecule has 88 valence electrons. The minimum Gasteiger partial charge on any atom is -0.481 e. The topological polar surface area (TPSA) is 50.2 Å². The van der Waals surface area contributed by atoms with Crippen LogP contribution in [0.1, 0.15) is 23.1 Å². The van der Waals surface area contributed by atoms with Gasteiger partial charge in [0, 0.05) is 22.7 Å². The highest BCUT2D eigenvalue weighted by Gasteiger charge is 2.23. The van der Waals surface area contributed by atoms with Crippen LogP contribution >= 0.6 is 15.9 Å². The summed E-state index contributed by atoms with van der Waals surface area (Å²) in [5.74, 6) is -2.54. The second-order valence-corrected chi connectivity index (χ2v) is 3.53. The van der Waals surface area contributed by atoms with Gasteiger partial charge in [-0.3, -0.25) is 4.79 Å². The normalized spacial score (nSPS) is 10.8. The lowest BCUT2D eigenvalue weighted by molar-refractivity contribution is -0.136. The van der Waals surface area contributed by atoms with Gasteiger partial charge in [0.1, 0.15) is 0 Å². The minimum absolute atomic E-state index is 0.0621. The number of nitrogens with zero attached hydrogens (tertiary/aromatic N) is 1. The van der Waals surface area contributed by atoms with Crippen LogP contribution in [0.5, 0.6) is 0 Å². The van der Waals surface area contributed by atoms with Crippen molar-refractivity contribution in [1.29, 1.82) is 0 Å². The van der Waals surface area contributed by atoms with Crippen molar-refractivity contribution in [2.24, 2.45) is 0 Å². The molecular formula is C9H7BrF3NO2. The first kappa shape index (κ1) is 13.0. The molecule has 1 aromatic rings. The Labute approximate surface area is 97.4 Å². The third-order valence-corrected chi connectivity index (χ3v) is 2.55. The van der Waals surface area contributed by atoms with Gasteiger partial charge in [-0.15, -0.1) is 0 Å². The molecule has 0 aromatic carbocycles. The molecule has 1 heterocycles. The average molecular weight is 298 g/mol. The number of alkyl halides is 3. The lowest BCUT2D eigenvalue weighted by Crippen LogP contribution is -2.10. The van der Waals surface area contributed by atoms with Crippen molar-refractivity contribution in [3.63, 3.8) is 0 Å². The van der Waals surface area contributed by atoms with Gasteiger partial charge in [0.05, 0.1) is 6.42 Å². The Morgan fingerprint density at radius 1 is 1.56 bits per heavy atom. The van der Waals surface area contributed by atoms with Gasteiger partial charge in [-0.1, -0.05) is 15.9 Å². The number of hydrogen-bond acceptors (Lipinski definition) is 2. The molecule has 0 unspecified atom stereocenters. The predicted molar refractivity (Wildman–Crippen MR) is 53.1 cm³/mol. The van der Waals surface area contributed by atoms with Gasteiger partial charge in [0.25, 0.3) is 6.43 Å². The SMILES string of the molecule is O=C(O)Cc1c(F)ncc(CBr)c1C(F)F. The Bertz CT molecular complexity index is 412. The van der Waals surface area contributed by atoms with Crippen LogP contribution < -0.4 is 0 Å². The third kappa shape index (κ3) is 2.72. The van der Waals surface area contributed by atoms with E-state index >= 15 is 0 Å². The van der Waals surface area contributed by atoms with E-state index in [1.165, 1.54) is 0 Å². The summed E-state index contributed by atoms with van der Waals surface area (Å²) in [5.41, 5.74) is -1.06. The molecule has 0 aliphatic rings. The molecule has 0 saturated carbocycles. The quantitative estimate of drug-likeness (QED) is 0.687. The maximum absolute atomic E-state index is 13.2. The Hall–Kier alpha value is -1.11. The summed E-state index contributed by atoms with van der Waals surface area (Å²) in [6.07, 6.45) is -2.77. The number of carbonyl (C=O) groups is 1. The summed E-state index contributed by atoms with van der Waals surface area (Å²) >= 11 is 2.96. The van der Waals surface area contributed by atoms with Gasteiger partial charge in [-0.25, -0.2) is 13.8 Å².